The molecule has 4 nitrogen and oxygen atoms in total. The van der Waals surface area contributed by atoms with Crippen LogP contribution in [-0.2, 0) is 0 Å². The second kappa shape index (κ2) is 4.64. The van der Waals surface area contributed by atoms with Crippen molar-refractivity contribution in [1.82, 2.24) is 10.2 Å². The highest BCUT2D eigenvalue weighted by molar-refractivity contribution is 6.06. The Balaban J connectivity index is 2.30. The third-order valence-electron chi connectivity index (χ3n) is 3.00. The number of amides is 1. The molecular weight excluding hydrogens is 226 g/mol. The summed E-state index contributed by atoms with van der Waals surface area (Å²) in [4.78, 5) is 12.2. The van der Waals surface area contributed by atoms with Crippen LogP contribution < -0.4 is 5.32 Å². The minimum Gasteiger partial charge on any atom is -0.322 e. The standard InChI is InChI=1S/C14H17N3O/c1-8-5-6-9(2)12(7-8)15-14(18)13-10(3)16-17-11(13)4/h5-7H,1-4H3,(H,15,18)(H,16,17). The average molecular weight is 243 g/mol. The number of H-pyrrole nitrogens is 1. The number of nitrogens with zero attached hydrogens (tertiary/aromatic N) is 1. The van der Waals surface area contributed by atoms with Crippen molar-refractivity contribution < 1.29 is 4.79 Å². The molecule has 1 heterocycles. The molecule has 0 fully saturated rings. The summed E-state index contributed by atoms with van der Waals surface area (Å²) in [6.07, 6.45) is 0. The normalized spacial score (nSPS) is 10.4. The summed E-state index contributed by atoms with van der Waals surface area (Å²) < 4.78 is 0. The van der Waals surface area contributed by atoms with Crippen LogP contribution in [0.15, 0.2) is 18.2 Å². The van der Waals surface area contributed by atoms with Gasteiger partial charge in [-0.1, -0.05) is 12.1 Å². The molecule has 0 radical (unpaired) electrons. The van der Waals surface area contributed by atoms with Crippen molar-refractivity contribution >= 4 is 11.6 Å². The van der Waals surface area contributed by atoms with Gasteiger partial charge < -0.3 is 5.32 Å². The number of carbonyl (C=O) groups is 1. The Hall–Kier alpha value is -2.10. The van der Waals surface area contributed by atoms with E-state index in [0.717, 1.165) is 28.2 Å². The molecule has 1 amide bonds. The van der Waals surface area contributed by atoms with Crippen molar-refractivity contribution in [3.8, 4) is 0 Å². The molecule has 2 aromatic rings. The van der Waals surface area contributed by atoms with Crippen LogP contribution in [0.2, 0.25) is 0 Å². The first-order chi connectivity index (χ1) is 8.49. The van der Waals surface area contributed by atoms with Gasteiger partial charge >= 0.3 is 0 Å². The van der Waals surface area contributed by atoms with Crippen molar-refractivity contribution in [3.63, 3.8) is 0 Å². The lowest BCUT2D eigenvalue weighted by molar-refractivity contribution is 0.102. The summed E-state index contributed by atoms with van der Waals surface area (Å²) in [5, 5.41) is 9.79. The molecule has 0 atom stereocenters. The number of nitrogens with one attached hydrogen (secondary N) is 2. The van der Waals surface area contributed by atoms with Crippen LogP contribution in [0.25, 0.3) is 0 Å². The zero-order valence-electron chi connectivity index (χ0n) is 11.1. The third-order valence-corrected chi connectivity index (χ3v) is 3.00. The smallest absolute Gasteiger partial charge is 0.259 e. The highest BCUT2D eigenvalue weighted by Gasteiger charge is 2.15. The van der Waals surface area contributed by atoms with E-state index < -0.39 is 0 Å². The van der Waals surface area contributed by atoms with Crippen LogP contribution in [0.3, 0.4) is 0 Å². The maximum absolute atomic E-state index is 12.2. The Labute approximate surface area is 106 Å². The highest BCUT2D eigenvalue weighted by atomic mass is 16.1. The number of rotatable bonds is 2. The van der Waals surface area contributed by atoms with E-state index in [0.29, 0.717) is 5.56 Å². The Kier molecular flexibility index (Phi) is 3.19. The molecule has 0 saturated heterocycles. The Morgan fingerprint density at radius 2 is 1.94 bits per heavy atom. The van der Waals surface area contributed by atoms with Gasteiger partial charge in [-0.3, -0.25) is 9.89 Å². The summed E-state index contributed by atoms with van der Waals surface area (Å²) in [5.41, 5.74) is 5.14. The first-order valence-electron chi connectivity index (χ1n) is 5.89. The Morgan fingerprint density at radius 3 is 2.56 bits per heavy atom. The molecule has 94 valence electrons. The third kappa shape index (κ3) is 2.27. The van der Waals surface area contributed by atoms with Crippen LogP contribution in [-0.4, -0.2) is 16.1 Å². The molecule has 2 N–H and O–H groups in total. The van der Waals surface area contributed by atoms with Gasteiger partial charge in [0, 0.05) is 11.4 Å². The van der Waals surface area contributed by atoms with Gasteiger partial charge in [0.25, 0.3) is 5.91 Å². The lowest BCUT2D eigenvalue weighted by Gasteiger charge is -2.09. The number of hydrogen-bond acceptors (Lipinski definition) is 2. The van der Waals surface area contributed by atoms with Gasteiger partial charge in [0.2, 0.25) is 0 Å². The average Bonchev–Trinajstić information content (AvgIpc) is 2.63. The fourth-order valence-electron chi connectivity index (χ4n) is 1.94. The minimum atomic E-state index is -0.118. The molecule has 0 spiro atoms. The lowest BCUT2D eigenvalue weighted by Crippen LogP contribution is -2.14. The van der Waals surface area contributed by atoms with Gasteiger partial charge in [0.15, 0.2) is 0 Å². The van der Waals surface area contributed by atoms with Gasteiger partial charge in [-0.15, -0.1) is 0 Å². The molecule has 0 aliphatic heterocycles. The zero-order chi connectivity index (χ0) is 13.3. The summed E-state index contributed by atoms with van der Waals surface area (Å²) in [7, 11) is 0. The van der Waals surface area contributed by atoms with E-state index in [4.69, 9.17) is 0 Å². The predicted octanol–water partition coefficient (Wildman–Crippen LogP) is 2.90. The molecule has 1 aromatic carbocycles. The summed E-state index contributed by atoms with van der Waals surface area (Å²) in [6, 6.07) is 6.00. The minimum absolute atomic E-state index is 0.118. The SMILES string of the molecule is Cc1ccc(C)c(NC(=O)c2c(C)n[nH]c2C)c1. The van der Waals surface area contributed by atoms with Gasteiger partial charge in [-0.25, -0.2) is 0 Å². The number of anilines is 1. The van der Waals surface area contributed by atoms with Gasteiger partial charge in [-0.05, 0) is 44.9 Å². The second-order valence-corrected chi connectivity index (χ2v) is 4.58. The van der Waals surface area contributed by atoms with E-state index in [2.05, 4.69) is 15.5 Å². The van der Waals surface area contributed by atoms with Crippen LogP contribution in [0, 0.1) is 27.7 Å². The van der Waals surface area contributed by atoms with E-state index in [1.165, 1.54) is 0 Å². The maximum atomic E-state index is 12.2. The summed E-state index contributed by atoms with van der Waals surface area (Å²) in [6.45, 7) is 7.65. The van der Waals surface area contributed by atoms with E-state index in [1.807, 2.05) is 45.9 Å². The molecule has 2 rings (SSSR count). The molecule has 4 heteroatoms. The lowest BCUT2D eigenvalue weighted by atomic mass is 10.1. The number of carbonyl (C=O) groups excluding carboxylic acids is 1. The largest absolute Gasteiger partial charge is 0.322 e. The van der Waals surface area contributed by atoms with Crippen molar-refractivity contribution in [2.24, 2.45) is 0 Å². The van der Waals surface area contributed by atoms with Crippen LogP contribution in [0.1, 0.15) is 32.9 Å². The number of benzene rings is 1. The van der Waals surface area contributed by atoms with Gasteiger partial charge in [-0.2, -0.15) is 5.10 Å². The quantitative estimate of drug-likeness (QED) is 0.852. The number of aromatic amines is 1. The van der Waals surface area contributed by atoms with E-state index in [9.17, 15) is 4.79 Å². The number of aryl methyl sites for hydroxylation is 4. The Morgan fingerprint density at radius 1 is 1.22 bits per heavy atom. The molecule has 0 unspecified atom stereocenters. The maximum Gasteiger partial charge on any atom is 0.259 e. The zero-order valence-corrected chi connectivity index (χ0v) is 11.1. The fourth-order valence-corrected chi connectivity index (χ4v) is 1.94. The summed E-state index contributed by atoms with van der Waals surface area (Å²) in [5.74, 6) is -0.118. The predicted molar refractivity (Wildman–Crippen MR) is 71.9 cm³/mol. The van der Waals surface area contributed by atoms with Gasteiger partial charge in [0.1, 0.15) is 0 Å². The highest BCUT2D eigenvalue weighted by Crippen LogP contribution is 2.18. The number of aromatic nitrogens is 2. The fraction of sp³-hybridized carbons (Fsp3) is 0.286. The van der Waals surface area contributed by atoms with Crippen molar-refractivity contribution in [2.75, 3.05) is 5.32 Å². The molecule has 0 saturated carbocycles. The Bertz CT molecular complexity index is 580. The number of hydrogen-bond donors (Lipinski definition) is 2. The second-order valence-electron chi connectivity index (χ2n) is 4.58. The van der Waals surface area contributed by atoms with Crippen LogP contribution >= 0.6 is 0 Å². The van der Waals surface area contributed by atoms with E-state index in [-0.39, 0.29) is 5.91 Å². The topological polar surface area (TPSA) is 57.8 Å². The van der Waals surface area contributed by atoms with Crippen molar-refractivity contribution in [2.45, 2.75) is 27.7 Å². The molecule has 0 aliphatic carbocycles. The van der Waals surface area contributed by atoms with Crippen LogP contribution in [0.4, 0.5) is 5.69 Å². The first-order valence-corrected chi connectivity index (χ1v) is 5.89. The molecular formula is C14H17N3O. The summed E-state index contributed by atoms with van der Waals surface area (Å²) >= 11 is 0. The first kappa shape index (κ1) is 12.4. The van der Waals surface area contributed by atoms with E-state index >= 15 is 0 Å². The van der Waals surface area contributed by atoms with Crippen molar-refractivity contribution in [1.29, 1.82) is 0 Å². The van der Waals surface area contributed by atoms with Crippen LogP contribution in [0.5, 0.6) is 0 Å². The molecule has 0 aliphatic rings. The molecule has 1 aromatic heterocycles. The van der Waals surface area contributed by atoms with Crippen molar-refractivity contribution in [3.05, 3.63) is 46.3 Å². The monoisotopic (exact) mass is 243 g/mol. The van der Waals surface area contributed by atoms with Gasteiger partial charge in [0.05, 0.1) is 11.3 Å². The van der Waals surface area contributed by atoms with E-state index in [1.54, 1.807) is 0 Å². The molecule has 18 heavy (non-hydrogen) atoms. The molecule has 0 bridgehead atoms.